The van der Waals surface area contributed by atoms with Gasteiger partial charge in [0, 0.05) is 23.3 Å². The third-order valence-electron chi connectivity index (χ3n) is 2.71. The van der Waals surface area contributed by atoms with Gasteiger partial charge in [-0.1, -0.05) is 65.4 Å². The zero-order valence-electron chi connectivity index (χ0n) is 15.0. The highest BCUT2D eigenvalue weighted by Crippen LogP contribution is 2.19. The van der Waals surface area contributed by atoms with E-state index >= 15 is 0 Å². The SMILES string of the molecule is C.CI.COc1cc(C(=N)SC)cc(Cl)n1.COc1cc(C(N)=S)cc(Cl)n1. The molecular weight excluding hydrogens is 554 g/mol. The number of halogens is 3. The fraction of sp³-hybridized carbons (Fsp3) is 0.294. The Morgan fingerprint density at radius 2 is 1.43 bits per heavy atom. The molecule has 2 aromatic rings. The van der Waals surface area contributed by atoms with Crippen molar-refractivity contribution in [3.8, 4) is 11.8 Å². The van der Waals surface area contributed by atoms with Gasteiger partial charge in [-0.2, -0.15) is 0 Å². The monoisotopic (exact) mass is 576 g/mol. The molecule has 0 spiro atoms. The van der Waals surface area contributed by atoms with Crippen molar-refractivity contribution in [3.63, 3.8) is 0 Å². The van der Waals surface area contributed by atoms with E-state index < -0.39 is 0 Å². The molecule has 0 aliphatic heterocycles. The zero-order chi connectivity index (χ0) is 21.0. The molecule has 2 rings (SSSR count). The molecule has 0 fully saturated rings. The summed E-state index contributed by atoms with van der Waals surface area (Å²) in [6.07, 6.45) is 1.84. The van der Waals surface area contributed by atoms with Crippen LogP contribution in [-0.2, 0) is 0 Å². The Labute approximate surface area is 199 Å². The molecule has 2 heterocycles. The van der Waals surface area contributed by atoms with Crippen LogP contribution >= 0.6 is 69.8 Å². The molecule has 0 atom stereocenters. The fourth-order valence-electron chi connectivity index (χ4n) is 1.55. The Balaban J connectivity index is 0. The van der Waals surface area contributed by atoms with Gasteiger partial charge in [0.25, 0.3) is 0 Å². The largest absolute Gasteiger partial charge is 0.481 e. The van der Waals surface area contributed by atoms with Crippen LogP contribution in [0.2, 0.25) is 10.3 Å². The summed E-state index contributed by atoms with van der Waals surface area (Å²) in [6, 6.07) is 6.55. The molecule has 0 unspecified atom stereocenters. The second-order valence-electron chi connectivity index (χ2n) is 4.34. The maximum absolute atomic E-state index is 7.57. The second-order valence-corrected chi connectivity index (χ2v) is 6.37. The number of nitrogens with zero attached hydrogens (tertiary/aromatic N) is 2. The predicted molar refractivity (Wildman–Crippen MR) is 135 cm³/mol. The lowest BCUT2D eigenvalue weighted by atomic mass is 10.3. The Hall–Kier alpha value is -0.880. The highest BCUT2D eigenvalue weighted by Gasteiger charge is 2.05. The first-order valence-electron chi connectivity index (χ1n) is 7.04. The Morgan fingerprint density at radius 1 is 1.04 bits per heavy atom. The van der Waals surface area contributed by atoms with Gasteiger partial charge >= 0.3 is 0 Å². The van der Waals surface area contributed by atoms with Gasteiger partial charge in [-0.3, -0.25) is 5.41 Å². The minimum Gasteiger partial charge on any atom is -0.481 e. The smallest absolute Gasteiger partial charge is 0.215 e. The summed E-state index contributed by atoms with van der Waals surface area (Å²) in [5, 5.41) is 8.67. The zero-order valence-corrected chi connectivity index (χ0v) is 20.4. The van der Waals surface area contributed by atoms with Gasteiger partial charge in [-0.15, -0.1) is 11.8 Å². The van der Waals surface area contributed by atoms with Crippen LogP contribution < -0.4 is 15.2 Å². The summed E-state index contributed by atoms with van der Waals surface area (Å²) >= 11 is 19.7. The highest BCUT2D eigenvalue weighted by atomic mass is 127. The molecule has 0 saturated heterocycles. The molecule has 3 N–H and O–H groups in total. The van der Waals surface area contributed by atoms with Gasteiger partial charge in [-0.05, 0) is 23.3 Å². The molecule has 6 nitrogen and oxygen atoms in total. The normalized spacial score (nSPS) is 8.82. The number of thiocarbonyl (C=S) groups is 1. The average molecular weight is 577 g/mol. The van der Waals surface area contributed by atoms with Crippen LogP contribution in [0.4, 0.5) is 0 Å². The summed E-state index contributed by atoms with van der Waals surface area (Å²) in [5.41, 5.74) is 6.78. The Morgan fingerprint density at radius 3 is 1.79 bits per heavy atom. The maximum Gasteiger partial charge on any atom is 0.215 e. The minimum atomic E-state index is 0. The van der Waals surface area contributed by atoms with Crippen molar-refractivity contribution in [2.45, 2.75) is 7.43 Å². The van der Waals surface area contributed by atoms with Crippen molar-refractivity contribution in [1.82, 2.24) is 9.97 Å². The molecule has 0 aliphatic carbocycles. The molecular formula is C17H23Cl2IN4O2S2. The number of pyridine rings is 2. The molecule has 28 heavy (non-hydrogen) atoms. The summed E-state index contributed by atoms with van der Waals surface area (Å²) in [5.74, 6) is 0.839. The first-order valence-corrected chi connectivity index (χ1v) is 11.6. The van der Waals surface area contributed by atoms with Crippen LogP contribution in [-0.4, -0.2) is 45.4 Å². The number of rotatable bonds is 4. The summed E-state index contributed by atoms with van der Waals surface area (Å²) < 4.78 is 9.80. The highest BCUT2D eigenvalue weighted by molar-refractivity contribution is 14.1. The van der Waals surface area contributed by atoms with E-state index in [-0.39, 0.29) is 12.4 Å². The number of ether oxygens (including phenoxy) is 2. The number of hydrogen-bond acceptors (Lipinski definition) is 7. The molecule has 0 amide bonds. The molecule has 2 aromatic heterocycles. The van der Waals surface area contributed by atoms with E-state index in [1.807, 2.05) is 11.2 Å². The number of hydrogen-bond donors (Lipinski definition) is 2. The third-order valence-corrected chi connectivity index (χ3v) is 3.98. The van der Waals surface area contributed by atoms with Crippen LogP contribution in [0, 0.1) is 5.41 Å². The molecule has 0 saturated carbocycles. The van der Waals surface area contributed by atoms with Gasteiger partial charge < -0.3 is 15.2 Å². The summed E-state index contributed by atoms with van der Waals surface area (Å²) in [4.78, 5) is 10.0. The van der Waals surface area contributed by atoms with E-state index in [2.05, 4.69) is 32.6 Å². The lowest BCUT2D eigenvalue weighted by Gasteiger charge is -2.03. The molecule has 0 aliphatic rings. The molecule has 0 radical (unpaired) electrons. The quantitative estimate of drug-likeness (QED) is 0.124. The van der Waals surface area contributed by atoms with Crippen LogP contribution in [0.25, 0.3) is 0 Å². The number of nitrogens with two attached hydrogens (primary N) is 1. The molecule has 156 valence electrons. The molecule has 11 heteroatoms. The van der Waals surface area contributed by atoms with Crippen LogP contribution in [0.15, 0.2) is 24.3 Å². The first-order chi connectivity index (χ1) is 12.8. The van der Waals surface area contributed by atoms with E-state index in [1.54, 1.807) is 24.3 Å². The van der Waals surface area contributed by atoms with Crippen LogP contribution in [0.5, 0.6) is 11.8 Å². The maximum atomic E-state index is 7.57. The average Bonchev–Trinajstić information content (AvgIpc) is 2.68. The summed E-state index contributed by atoms with van der Waals surface area (Å²) in [6.45, 7) is 0. The van der Waals surface area contributed by atoms with Crippen LogP contribution in [0.1, 0.15) is 18.6 Å². The molecule has 0 bridgehead atoms. The summed E-state index contributed by atoms with van der Waals surface area (Å²) in [7, 11) is 3.02. The number of aromatic nitrogens is 2. The number of nitrogens with one attached hydrogen (secondary N) is 1. The van der Waals surface area contributed by atoms with E-state index in [0.717, 1.165) is 5.56 Å². The predicted octanol–water partition coefficient (Wildman–Crippen LogP) is 5.50. The van der Waals surface area contributed by atoms with Gasteiger partial charge in [0.2, 0.25) is 11.8 Å². The fourth-order valence-corrected chi connectivity index (χ4v) is 2.42. The lowest BCUT2D eigenvalue weighted by Crippen LogP contribution is -2.09. The third kappa shape index (κ3) is 10.6. The van der Waals surface area contributed by atoms with Crippen molar-refractivity contribution in [2.24, 2.45) is 5.73 Å². The number of thioether (sulfide) groups is 1. The van der Waals surface area contributed by atoms with Crippen molar-refractivity contribution < 1.29 is 9.47 Å². The topological polar surface area (TPSA) is 94.1 Å². The first kappa shape index (κ1) is 29.3. The molecule has 0 aromatic carbocycles. The van der Waals surface area contributed by atoms with E-state index in [9.17, 15) is 0 Å². The van der Waals surface area contributed by atoms with Gasteiger partial charge in [0.15, 0.2) is 0 Å². The van der Waals surface area contributed by atoms with Gasteiger partial charge in [0.1, 0.15) is 15.3 Å². The second kappa shape index (κ2) is 16.0. The van der Waals surface area contributed by atoms with Gasteiger partial charge in [-0.25, -0.2) is 9.97 Å². The van der Waals surface area contributed by atoms with Crippen molar-refractivity contribution >= 4 is 79.8 Å². The van der Waals surface area contributed by atoms with E-state index in [1.165, 1.54) is 26.0 Å². The van der Waals surface area contributed by atoms with Crippen molar-refractivity contribution in [1.29, 1.82) is 5.41 Å². The van der Waals surface area contributed by atoms with Crippen LogP contribution in [0.3, 0.4) is 0 Å². The van der Waals surface area contributed by atoms with E-state index in [0.29, 0.717) is 32.7 Å². The number of methoxy groups -OCH3 is 2. The Kier molecular flexibility index (Phi) is 16.7. The lowest BCUT2D eigenvalue weighted by molar-refractivity contribution is 0.398. The van der Waals surface area contributed by atoms with Crippen molar-refractivity contribution in [3.05, 3.63) is 45.7 Å². The Bertz CT molecular complexity index is 783. The van der Waals surface area contributed by atoms with E-state index in [4.69, 9.17) is 56.0 Å². The standard InChI is InChI=1S/C8H9ClN2OS.C7H7ClN2OS.CH3I.CH4/c1-12-7-4-5(8(10)13-2)3-6(9)11-7;1-11-6-3-4(7(9)12)2-5(8)10-6;1-2;/h3-4,10H,1-2H3;2-3H,1H3,(H2,9,12);1H3;1H4. The van der Waals surface area contributed by atoms with Gasteiger partial charge in [0.05, 0.1) is 19.3 Å². The number of alkyl halides is 1. The van der Waals surface area contributed by atoms with Crippen molar-refractivity contribution in [2.75, 3.05) is 25.4 Å². The minimum absolute atomic E-state index is 0.